The summed E-state index contributed by atoms with van der Waals surface area (Å²) in [5.74, 6) is 0.0263. The van der Waals surface area contributed by atoms with E-state index in [1.165, 1.54) is 16.7 Å². The summed E-state index contributed by atoms with van der Waals surface area (Å²) in [5, 5.41) is 0. The van der Waals surface area contributed by atoms with Gasteiger partial charge in [0.05, 0.1) is 12.5 Å². The molecule has 2 aromatic rings. The molecule has 0 unspecified atom stereocenters. The Kier molecular flexibility index (Phi) is 5.82. The van der Waals surface area contributed by atoms with E-state index in [0.29, 0.717) is 6.61 Å². The lowest BCUT2D eigenvalue weighted by molar-refractivity contribution is -0.149. The van der Waals surface area contributed by atoms with Crippen LogP contribution in [0, 0.1) is 12.8 Å². The summed E-state index contributed by atoms with van der Waals surface area (Å²) in [6, 6.07) is 10.8. The van der Waals surface area contributed by atoms with Crippen LogP contribution in [0.5, 0.6) is 0 Å². The minimum atomic E-state index is -0.0369. The van der Waals surface area contributed by atoms with Gasteiger partial charge in [-0.15, -0.1) is 0 Å². The van der Waals surface area contributed by atoms with Gasteiger partial charge in [-0.2, -0.15) is 0 Å². The zero-order chi connectivity index (χ0) is 17.6. The second-order valence-electron chi connectivity index (χ2n) is 6.75. The van der Waals surface area contributed by atoms with E-state index in [1.807, 2.05) is 19.3 Å². The third-order valence-corrected chi connectivity index (χ3v) is 4.79. The van der Waals surface area contributed by atoms with Gasteiger partial charge in [0.25, 0.3) is 0 Å². The predicted octanol–water partition coefficient (Wildman–Crippen LogP) is 3.83. The highest BCUT2D eigenvalue weighted by atomic mass is 16.5. The summed E-state index contributed by atoms with van der Waals surface area (Å²) >= 11 is 0. The summed E-state index contributed by atoms with van der Waals surface area (Å²) < 4.78 is 5.14. The Morgan fingerprint density at radius 2 is 1.88 bits per heavy atom. The summed E-state index contributed by atoms with van der Waals surface area (Å²) in [7, 11) is 0. The van der Waals surface area contributed by atoms with Crippen molar-refractivity contribution in [3.63, 3.8) is 0 Å². The topological polar surface area (TPSA) is 42.4 Å². The molecule has 1 saturated heterocycles. The second kappa shape index (κ2) is 8.26. The van der Waals surface area contributed by atoms with Crippen LogP contribution in [0.1, 0.15) is 30.9 Å². The lowest BCUT2D eigenvalue weighted by Crippen LogP contribution is -2.36. The molecule has 0 bridgehead atoms. The average Bonchev–Trinajstić information content (AvgIpc) is 2.63. The Morgan fingerprint density at radius 3 is 2.56 bits per heavy atom. The van der Waals surface area contributed by atoms with Crippen molar-refractivity contribution in [2.24, 2.45) is 5.92 Å². The Hall–Kier alpha value is -2.20. The maximum absolute atomic E-state index is 11.8. The Bertz CT molecular complexity index is 704. The van der Waals surface area contributed by atoms with Gasteiger partial charge >= 0.3 is 5.97 Å². The third kappa shape index (κ3) is 4.67. The summed E-state index contributed by atoms with van der Waals surface area (Å²) in [5.41, 5.74) is 4.82. The van der Waals surface area contributed by atoms with Gasteiger partial charge in [0.2, 0.25) is 0 Å². The van der Waals surface area contributed by atoms with Gasteiger partial charge in [-0.25, -0.2) is 0 Å². The Balaban J connectivity index is 1.60. The number of hydrogen-bond donors (Lipinski definition) is 0. The van der Waals surface area contributed by atoms with Gasteiger partial charge in [-0.05, 0) is 57.0 Å². The molecule has 0 radical (unpaired) electrons. The molecule has 4 nitrogen and oxygen atoms in total. The maximum atomic E-state index is 11.8. The molecule has 25 heavy (non-hydrogen) atoms. The fourth-order valence-electron chi connectivity index (χ4n) is 3.32. The summed E-state index contributed by atoms with van der Waals surface area (Å²) in [6.45, 7) is 7.16. The first-order valence-electron chi connectivity index (χ1n) is 9.05. The van der Waals surface area contributed by atoms with Crippen LogP contribution in [0.15, 0.2) is 42.7 Å². The number of pyridine rings is 1. The van der Waals surface area contributed by atoms with E-state index in [4.69, 9.17) is 4.74 Å². The number of ether oxygens (including phenoxy) is 1. The molecule has 2 heterocycles. The molecule has 0 N–H and O–H groups in total. The van der Waals surface area contributed by atoms with E-state index < -0.39 is 0 Å². The molecule has 1 aromatic heterocycles. The molecule has 1 aliphatic rings. The second-order valence-corrected chi connectivity index (χ2v) is 6.75. The molecule has 0 saturated carbocycles. The number of aryl methyl sites for hydroxylation is 1. The molecule has 1 fully saturated rings. The predicted molar refractivity (Wildman–Crippen MR) is 99.0 cm³/mol. The SMILES string of the molecule is CCOC(=O)C1CCN(Cc2cncc(-c3ccc(C)cc3)c2)CC1. The summed E-state index contributed by atoms with van der Waals surface area (Å²) in [6.07, 6.45) is 5.62. The van der Waals surface area contributed by atoms with Crippen molar-refractivity contribution in [2.45, 2.75) is 33.2 Å². The highest BCUT2D eigenvalue weighted by molar-refractivity contribution is 5.72. The van der Waals surface area contributed by atoms with Crippen LogP contribution in [-0.2, 0) is 16.1 Å². The van der Waals surface area contributed by atoms with Crippen LogP contribution in [0.2, 0.25) is 0 Å². The fourth-order valence-corrected chi connectivity index (χ4v) is 3.32. The molecular weight excluding hydrogens is 312 g/mol. The average molecular weight is 338 g/mol. The number of benzene rings is 1. The lowest BCUT2D eigenvalue weighted by atomic mass is 9.96. The minimum absolute atomic E-state index is 0.0369. The van der Waals surface area contributed by atoms with Crippen LogP contribution in [-0.4, -0.2) is 35.5 Å². The molecule has 4 heteroatoms. The molecule has 0 aliphatic carbocycles. The van der Waals surface area contributed by atoms with Crippen molar-refractivity contribution in [3.05, 3.63) is 53.9 Å². The van der Waals surface area contributed by atoms with E-state index in [2.05, 4.69) is 47.1 Å². The molecule has 0 amide bonds. The van der Waals surface area contributed by atoms with Crippen LogP contribution in [0.3, 0.4) is 0 Å². The molecule has 1 aliphatic heterocycles. The first-order chi connectivity index (χ1) is 12.2. The molecule has 132 valence electrons. The number of likely N-dealkylation sites (tertiary alicyclic amines) is 1. The van der Waals surface area contributed by atoms with Crippen molar-refractivity contribution < 1.29 is 9.53 Å². The molecule has 3 rings (SSSR count). The normalized spacial score (nSPS) is 15.9. The molecule has 1 aromatic carbocycles. The maximum Gasteiger partial charge on any atom is 0.309 e. The van der Waals surface area contributed by atoms with Gasteiger partial charge in [-0.3, -0.25) is 14.7 Å². The number of nitrogens with zero attached hydrogens (tertiary/aromatic N) is 2. The van der Waals surface area contributed by atoms with Gasteiger partial charge < -0.3 is 4.74 Å². The zero-order valence-corrected chi connectivity index (χ0v) is 15.1. The van der Waals surface area contributed by atoms with E-state index >= 15 is 0 Å². The lowest BCUT2D eigenvalue weighted by Gasteiger charge is -2.30. The number of piperidine rings is 1. The van der Waals surface area contributed by atoms with Gasteiger partial charge in [0, 0.05) is 24.5 Å². The summed E-state index contributed by atoms with van der Waals surface area (Å²) in [4.78, 5) is 18.6. The smallest absolute Gasteiger partial charge is 0.309 e. The van der Waals surface area contributed by atoms with E-state index in [-0.39, 0.29) is 11.9 Å². The molecule has 0 atom stereocenters. The van der Waals surface area contributed by atoms with E-state index in [0.717, 1.165) is 38.0 Å². The van der Waals surface area contributed by atoms with Gasteiger partial charge in [-0.1, -0.05) is 29.8 Å². The minimum Gasteiger partial charge on any atom is -0.466 e. The number of esters is 1. The molecular formula is C21H26N2O2. The standard InChI is InChI=1S/C21H26N2O2/c1-3-25-21(24)19-8-10-23(11-9-19)15-17-12-20(14-22-13-17)18-6-4-16(2)5-7-18/h4-7,12-14,19H,3,8-11,15H2,1-2H3. The van der Waals surface area contributed by atoms with E-state index in [9.17, 15) is 4.79 Å². The number of carbonyl (C=O) groups excluding carboxylic acids is 1. The van der Waals surface area contributed by atoms with Crippen molar-refractivity contribution >= 4 is 5.97 Å². The highest BCUT2D eigenvalue weighted by Crippen LogP contribution is 2.23. The monoisotopic (exact) mass is 338 g/mol. The van der Waals surface area contributed by atoms with Crippen LogP contribution >= 0.6 is 0 Å². The fraction of sp³-hybridized carbons (Fsp3) is 0.429. The molecule has 0 spiro atoms. The van der Waals surface area contributed by atoms with Gasteiger partial charge in [0.15, 0.2) is 0 Å². The van der Waals surface area contributed by atoms with Crippen molar-refractivity contribution in [1.82, 2.24) is 9.88 Å². The van der Waals surface area contributed by atoms with Crippen LogP contribution in [0.25, 0.3) is 11.1 Å². The number of aromatic nitrogens is 1. The Morgan fingerprint density at radius 1 is 1.16 bits per heavy atom. The zero-order valence-electron chi connectivity index (χ0n) is 15.1. The largest absolute Gasteiger partial charge is 0.466 e. The van der Waals surface area contributed by atoms with E-state index in [1.54, 1.807) is 0 Å². The third-order valence-electron chi connectivity index (χ3n) is 4.79. The number of rotatable bonds is 5. The van der Waals surface area contributed by atoms with Crippen LogP contribution < -0.4 is 0 Å². The first kappa shape index (κ1) is 17.6. The Labute approximate surface area is 149 Å². The quantitative estimate of drug-likeness (QED) is 0.777. The van der Waals surface area contributed by atoms with Crippen LogP contribution in [0.4, 0.5) is 0 Å². The van der Waals surface area contributed by atoms with Crippen molar-refractivity contribution in [2.75, 3.05) is 19.7 Å². The van der Waals surface area contributed by atoms with Gasteiger partial charge in [0.1, 0.15) is 0 Å². The van der Waals surface area contributed by atoms with Crippen molar-refractivity contribution in [1.29, 1.82) is 0 Å². The number of carbonyl (C=O) groups is 1. The highest BCUT2D eigenvalue weighted by Gasteiger charge is 2.25. The van der Waals surface area contributed by atoms with Crippen molar-refractivity contribution in [3.8, 4) is 11.1 Å². The first-order valence-corrected chi connectivity index (χ1v) is 9.05. The number of hydrogen-bond acceptors (Lipinski definition) is 4.